The van der Waals surface area contributed by atoms with Crippen LogP contribution in [0.5, 0.6) is 0 Å². The van der Waals surface area contributed by atoms with E-state index in [9.17, 15) is 0 Å². The second-order valence-electron chi connectivity index (χ2n) is 1.64. The van der Waals surface area contributed by atoms with Gasteiger partial charge in [-0.2, -0.15) is 42.3 Å². The van der Waals surface area contributed by atoms with Crippen LogP contribution in [0.4, 0.5) is 0 Å². The maximum absolute atomic E-state index is 3.72. The van der Waals surface area contributed by atoms with Gasteiger partial charge in [0.1, 0.15) is 0 Å². The standard InChI is InChI=1S/C8H8.U/c1-2-8-6-4-3-5-7-8;/h3-6H,1-2H2;/q-2;+2. The summed E-state index contributed by atoms with van der Waals surface area (Å²) in [5.74, 6) is 0. The molecule has 0 aliphatic rings. The van der Waals surface area contributed by atoms with Crippen molar-refractivity contribution in [3.05, 3.63) is 42.8 Å². The molecule has 1 aromatic rings. The largest absolute Gasteiger partial charge is 2.00 e. The third kappa shape index (κ3) is 3.08. The van der Waals surface area contributed by atoms with Crippen LogP contribution >= 0.6 is 0 Å². The van der Waals surface area contributed by atoms with E-state index >= 15 is 0 Å². The van der Waals surface area contributed by atoms with Crippen molar-refractivity contribution in [2.45, 2.75) is 6.42 Å². The van der Waals surface area contributed by atoms with E-state index in [2.05, 4.69) is 13.0 Å². The molecular weight excluding hydrogens is 334 g/mol. The van der Waals surface area contributed by atoms with Gasteiger partial charge in [0.05, 0.1) is 0 Å². The van der Waals surface area contributed by atoms with Gasteiger partial charge in [-0.25, -0.2) is 0 Å². The van der Waals surface area contributed by atoms with Crippen molar-refractivity contribution in [2.75, 3.05) is 0 Å². The first-order chi connectivity index (χ1) is 3.93. The van der Waals surface area contributed by atoms with Crippen LogP contribution < -0.4 is 0 Å². The number of hydrogen-bond donors (Lipinski definition) is 0. The molecule has 0 unspecified atom stereocenters. The molecule has 0 fully saturated rings. The average molecular weight is 342 g/mol. The number of benzene rings is 1. The Morgan fingerprint density at radius 2 is 2.22 bits per heavy atom. The van der Waals surface area contributed by atoms with E-state index in [0.717, 1.165) is 6.42 Å². The van der Waals surface area contributed by atoms with Crippen LogP contribution in [0.15, 0.2) is 24.3 Å². The molecule has 0 spiro atoms. The summed E-state index contributed by atoms with van der Waals surface area (Å²) in [6.07, 6.45) is 0.834. The van der Waals surface area contributed by atoms with Gasteiger partial charge in [0.2, 0.25) is 0 Å². The molecule has 0 saturated carbocycles. The molecule has 1 rings (SSSR count). The molecule has 0 heterocycles. The Morgan fingerprint density at radius 3 is 2.56 bits per heavy atom. The Balaban J connectivity index is 0.000000640. The predicted octanol–water partition coefficient (Wildman–Crippen LogP) is 1.86. The summed E-state index contributed by atoms with van der Waals surface area (Å²) < 4.78 is 0. The molecule has 9 heavy (non-hydrogen) atoms. The van der Waals surface area contributed by atoms with Gasteiger partial charge in [0, 0.05) is 0 Å². The van der Waals surface area contributed by atoms with E-state index in [-0.39, 0.29) is 31.1 Å². The van der Waals surface area contributed by atoms with Crippen LogP contribution in [-0.2, 0) is 6.42 Å². The van der Waals surface area contributed by atoms with E-state index in [4.69, 9.17) is 0 Å². The first-order valence-electron chi connectivity index (χ1n) is 2.68. The summed E-state index contributed by atoms with van der Waals surface area (Å²) in [5.41, 5.74) is 1.17. The molecule has 0 bridgehead atoms. The fourth-order valence-corrected chi connectivity index (χ4v) is 0.586. The molecule has 0 amide bonds. The normalized spacial score (nSPS) is 8.11. The molecule has 0 nitrogen and oxygen atoms in total. The minimum absolute atomic E-state index is 0. The van der Waals surface area contributed by atoms with Crippen molar-refractivity contribution in [3.63, 3.8) is 0 Å². The smallest absolute Gasteiger partial charge is 0.341 e. The minimum Gasteiger partial charge on any atom is -0.341 e. The minimum atomic E-state index is 0. The van der Waals surface area contributed by atoms with Crippen molar-refractivity contribution < 1.29 is 31.1 Å². The van der Waals surface area contributed by atoms with Gasteiger partial charge in [-0.1, -0.05) is 0 Å². The Bertz CT molecular complexity index is 146. The maximum Gasteiger partial charge on any atom is 2.00 e. The van der Waals surface area contributed by atoms with E-state index < -0.39 is 0 Å². The summed E-state index contributed by atoms with van der Waals surface area (Å²) in [6.45, 7) is 3.72. The number of rotatable bonds is 1. The third-order valence-corrected chi connectivity index (χ3v) is 1.04. The Labute approximate surface area is 80.0 Å². The first-order valence-corrected chi connectivity index (χ1v) is 2.68. The van der Waals surface area contributed by atoms with Crippen molar-refractivity contribution in [2.24, 2.45) is 0 Å². The fraction of sp³-hybridized carbons (Fsp3) is 0.125. The van der Waals surface area contributed by atoms with Crippen LogP contribution in [-0.4, -0.2) is 0 Å². The third-order valence-electron chi connectivity index (χ3n) is 1.04. The van der Waals surface area contributed by atoms with Crippen LogP contribution in [0, 0.1) is 44.1 Å². The molecule has 0 atom stereocenters. The Kier molecular flexibility index (Phi) is 5.24. The van der Waals surface area contributed by atoms with Crippen molar-refractivity contribution >= 4 is 0 Å². The predicted molar refractivity (Wildman–Crippen MR) is 34.3 cm³/mol. The maximum atomic E-state index is 3.72. The molecule has 0 aromatic heterocycles. The molecule has 0 aliphatic heterocycles. The molecule has 0 N–H and O–H groups in total. The SMILES string of the molecule is [CH2-]Cc1[c-]cccc1.[U+2]. The quantitative estimate of drug-likeness (QED) is 0.684. The van der Waals surface area contributed by atoms with Gasteiger partial charge in [-0.05, 0) is 0 Å². The van der Waals surface area contributed by atoms with E-state index in [0.29, 0.717) is 0 Å². The van der Waals surface area contributed by atoms with Crippen molar-refractivity contribution in [1.82, 2.24) is 0 Å². The molecule has 0 radical (unpaired) electrons. The summed E-state index contributed by atoms with van der Waals surface area (Å²) in [6, 6.07) is 10.9. The summed E-state index contributed by atoms with van der Waals surface area (Å²) in [4.78, 5) is 0. The van der Waals surface area contributed by atoms with Gasteiger partial charge in [0.25, 0.3) is 0 Å². The molecular formula is C8H8U. The van der Waals surface area contributed by atoms with Gasteiger partial charge in [-0.3, -0.25) is 0 Å². The van der Waals surface area contributed by atoms with Crippen LogP contribution in [0.3, 0.4) is 0 Å². The van der Waals surface area contributed by atoms with Crippen LogP contribution in [0.2, 0.25) is 0 Å². The molecule has 44 valence electrons. The zero-order valence-electron chi connectivity index (χ0n) is 5.22. The van der Waals surface area contributed by atoms with E-state index in [1.165, 1.54) is 5.56 Å². The zero-order valence-corrected chi connectivity index (χ0v) is 9.39. The topological polar surface area (TPSA) is 0 Å². The van der Waals surface area contributed by atoms with E-state index in [1.54, 1.807) is 0 Å². The summed E-state index contributed by atoms with van der Waals surface area (Å²) in [7, 11) is 0. The second-order valence-corrected chi connectivity index (χ2v) is 1.64. The summed E-state index contributed by atoms with van der Waals surface area (Å²) in [5, 5.41) is 0. The average Bonchev–Trinajstić information content (AvgIpc) is 1.90. The van der Waals surface area contributed by atoms with Crippen LogP contribution in [0.25, 0.3) is 0 Å². The monoisotopic (exact) mass is 342 g/mol. The Morgan fingerprint density at radius 1 is 1.44 bits per heavy atom. The molecule has 0 aliphatic carbocycles. The fourth-order valence-electron chi connectivity index (χ4n) is 0.586. The van der Waals surface area contributed by atoms with Gasteiger partial charge in [-0.15, -0.1) is 0 Å². The van der Waals surface area contributed by atoms with Gasteiger partial charge >= 0.3 is 31.1 Å². The number of hydrogen-bond acceptors (Lipinski definition) is 0. The molecule has 1 aromatic carbocycles. The second kappa shape index (κ2) is 5.09. The molecule has 0 saturated heterocycles. The van der Waals surface area contributed by atoms with Crippen LogP contribution in [0.1, 0.15) is 5.56 Å². The molecule has 1 heteroatoms. The van der Waals surface area contributed by atoms with Crippen molar-refractivity contribution in [3.8, 4) is 0 Å². The zero-order chi connectivity index (χ0) is 5.82. The Hall–Kier alpha value is 0.272. The van der Waals surface area contributed by atoms with E-state index in [1.807, 2.05) is 24.3 Å². The van der Waals surface area contributed by atoms with Crippen molar-refractivity contribution in [1.29, 1.82) is 0 Å². The first kappa shape index (κ1) is 9.27. The summed E-state index contributed by atoms with van der Waals surface area (Å²) >= 11 is 0. The van der Waals surface area contributed by atoms with Gasteiger partial charge in [0.15, 0.2) is 0 Å². The van der Waals surface area contributed by atoms with Gasteiger partial charge < -0.3 is 6.92 Å².